The monoisotopic (exact) mass is 111 g/mol. The summed E-state index contributed by atoms with van der Waals surface area (Å²) in [5.41, 5.74) is 0. The van der Waals surface area contributed by atoms with E-state index in [1.54, 1.807) is 0 Å². The summed E-state index contributed by atoms with van der Waals surface area (Å²) in [5.74, 6) is 0. The van der Waals surface area contributed by atoms with Crippen LogP contribution in [-0.4, -0.2) is 86.1 Å². The molecule has 22 valence electrons. The Morgan fingerprint density at radius 3 is 1.60 bits per heavy atom. The quantitative estimate of drug-likeness (QED) is 0.243. The zero-order chi connectivity index (χ0) is 2.71. The Bertz CT molecular complexity index is 17.1. The summed E-state index contributed by atoms with van der Waals surface area (Å²) in [6.45, 7) is 0. The van der Waals surface area contributed by atoms with Gasteiger partial charge < -0.3 is 5.21 Å². The average molecular weight is 111 g/mol. The number of nitrogens with zero attached hydrogens (tertiary/aromatic N) is 1. The summed E-state index contributed by atoms with van der Waals surface area (Å²) in [5, 5.41) is 7.89. The first-order valence-electron chi connectivity index (χ1n) is 0.383. The van der Waals surface area contributed by atoms with Gasteiger partial charge in [-0.25, -0.2) is 0 Å². The summed E-state index contributed by atoms with van der Waals surface area (Å²) in [6, 6.07) is 0. The summed E-state index contributed by atoms with van der Waals surface area (Å²) < 4.78 is 0. The Morgan fingerprint density at radius 2 is 1.60 bits per heavy atom. The maximum atomic E-state index is 8.11. The molecule has 0 aromatic rings. The standard InChI is InChI=1S/K.HNO2.Na.2H/c;2-1-3;;;/h;(H,2,3);;;. The Kier molecular flexibility index (Phi) is 52.3. The molecule has 0 aliphatic rings. The molecule has 1 N–H and O–H groups in total. The SMILES string of the molecule is O=NO.[KH].[NaH]. The van der Waals surface area contributed by atoms with Crippen molar-refractivity contribution in [3.63, 3.8) is 0 Å². The van der Waals surface area contributed by atoms with Crippen LogP contribution in [0.4, 0.5) is 0 Å². The number of hydrogen-bond donors (Lipinski definition) is 1. The van der Waals surface area contributed by atoms with Crippen molar-refractivity contribution in [3.05, 3.63) is 4.91 Å². The van der Waals surface area contributed by atoms with Crippen molar-refractivity contribution in [2.24, 2.45) is 5.34 Å². The van der Waals surface area contributed by atoms with Crippen molar-refractivity contribution in [2.45, 2.75) is 0 Å². The van der Waals surface area contributed by atoms with Gasteiger partial charge in [-0.1, -0.05) is 0 Å². The first-order chi connectivity index (χ1) is 1.41. The minimum atomic E-state index is 0. The van der Waals surface area contributed by atoms with E-state index in [4.69, 9.17) is 10.1 Å². The molecule has 0 bridgehead atoms. The Hall–Kier alpha value is 2.04. The third-order valence-electron chi connectivity index (χ3n) is 0. The molecular weight excluding hydrogens is 108 g/mol. The second-order valence-electron chi connectivity index (χ2n) is 0.0816. The molecule has 0 heterocycles. The van der Waals surface area contributed by atoms with Gasteiger partial charge in [0.05, 0.1) is 0 Å². The molecule has 0 rings (SSSR count). The van der Waals surface area contributed by atoms with E-state index < -0.39 is 0 Å². The van der Waals surface area contributed by atoms with E-state index in [9.17, 15) is 0 Å². The van der Waals surface area contributed by atoms with E-state index in [1.807, 2.05) is 0 Å². The van der Waals surface area contributed by atoms with Gasteiger partial charge in [0.1, 0.15) is 0 Å². The topological polar surface area (TPSA) is 49.7 Å². The van der Waals surface area contributed by atoms with Gasteiger partial charge in [-0.05, 0) is 0 Å². The zero-order valence-electron chi connectivity index (χ0n) is 1.30. The van der Waals surface area contributed by atoms with E-state index in [0.29, 0.717) is 0 Å². The fraction of sp³-hybridized carbons (Fsp3) is 0. The van der Waals surface area contributed by atoms with Crippen LogP contribution in [0.1, 0.15) is 0 Å². The van der Waals surface area contributed by atoms with Crippen molar-refractivity contribution >= 4 is 80.9 Å². The van der Waals surface area contributed by atoms with Crippen LogP contribution >= 0.6 is 0 Å². The first kappa shape index (κ1) is 15.7. The van der Waals surface area contributed by atoms with E-state index in [0.717, 1.165) is 0 Å². The molecule has 3 nitrogen and oxygen atoms in total. The van der Waals surface area contributed by atoms with Crippen LogP contribution in [0.15, 0.2) is 5.34 Å². The van der Waals surface area contributed by atoms with Crippen LogP contribution in [0.5, 0.6) is 0 Å². The molecule has 0 aliphatic carbocycles. The van der Waals surface area contributed by atoms with Crippen LogP contribution in [-0.2, 0) is 0 Å². The summed E-state index contributed by atoms with van der Waals surface area (Å²) in [6.07, 6.45) is 0. The molecule has 0 aromatic carbocycles. The molecule has 5 heteroatoms. The Morgan fingerprint density at radius 1 is 1.60 bits per heavy atom. The number of hydrogen-bond acceptors (Lipinski definition) is 2. The van der Waals surface area contributed by atoms with Crippen LogP contribution in [0.25, 0.3) is 0 Å². The molecule has 0 aromatic heterocycles. The van der Waals surface area contributed by atoms with E-state index in [2.05, 4.69) is 0 Å². The number of rotatable bonds is 0. The third-order valence-corrected chi connectivity index (χ3v) is 0. The average Bonchev–Trinajstić information content (AvgIpc) is 0.918. The molecule has 0 fully saturated rings. The summed E-state index contributed by atoms with van der Waals surface area (Å²) >= 11 is 0. The molecule has 5 heavy (non-hydrogen) atoms. The first-order valence-corrected chi connectivity index (χ1v) is 0.383. The molecule has 0 unspecified atom stereocenters. The van der Waals surface area contributed by atoms with Gasteiger partial charge >= 0.3 is 80.9 Å². The van der Waals surface area contributed by atoms with Gasteiger partial charge in [0, 0.05) is 0 Å². The summed E-state index contributed by atoms with van der Waals surface area (Å²) in [4.78, 5) is 8.11. The van der Waals surface area contributed by atoms with Crippen molar-refractivity contribution < 1.29 is 5.21 Å². The second-order valence-corrected chi connectivity index (χ2v) is 0.0816. The van der Waals surface area contributed by atoms with Gasteiger partial charge in [0.2, 0.25) is 0 Å². The Balaban J connectivity index is -0.0000000200. The zero-order valence-corrected chi connectivity index (χ0v) is 1.30. The van der Waals surface area contributed by atoms with Crippen LogP contribution in [0, 0.1) is 4.91 Å². The summed E-state index contributed by atoms with van der Waals surface area (Å²) in [7, 11) is 0. The van der Waals surface area contributed by atoms with E-state index >= 15 is 0 Å². The fourth-order valence-electron chi connectivity index (χ4n) is 0. The molecule has 0 amide bonds. The predicted molar refractivity (Wildman–Crippen MR) is 21.9 cm³/mol. The van der Waals surface area contributed by atoms with Gasteiger partial charge in [0.15, 0.2) is 5.34 Å². The van der Waals surface area contributed by atoms with E-state index in [-0.39, 0.29) is 80.9 Å². The predicted octanol–water partition coefficient (Wildman–Crippen LogP) is -1.16. The minimum absolute atomic E-state index is 0. The van der Waals surface area contributed by atoms with Crippen LogP contribution in [0.2, 0.25) is 0 Å². The normalized spacial score (nSPS) is 2.40. The van der Waals surface area contributed by atoms with E-state index in [1.165, 1.54) is 5.34 Å². The van der Waals surface area contributed by atoms with Crippen molar-refractivity contribution in [1.82, 2.24) is 0 Å². The second kappa shape index (κ2) is 16.6. The molecule has 0 saturated heterocycles. The van der Waals surface area contributed by atoms with Crippen molar-refractivity contribution in [1.29, 1.82) is 0 Å². The fourth-order valence-corrected chi connectivity index (χ4v) is 0. The van der Waals surface area contributed by atoms with Crippen LogP contribution in [0.3, 0.4) is 0 Å². The van der Waals surface area contributed by atoms with Gasteiger partial charge in [-0.15, -0.1) is 4.91 Å². The van der Waals surface area contributed by atoms with Crippen molar-refractivity contribution in [2.75, 3.05) is 0 Å². The molecule has 0 atom stereocenters. The molecular formula is H3KNNaO2. The molecule has 0 aliphatic heterocycles. The third kappa shape index (κ3) is 23.7. The molecule has 0 spiro atoms. The molecule has 0 saturated carbocycles. The molecule has 0 radical (unpaired) electrons. The van der Waals surface area contributed by atoms with Gasteiger partial charge in [-0.3, -0.25) is 0 Å². The van der Waals surface area contributed by atoms with Gasteiger partial charge in [-0.2, -0.15) is 0 Å². The van der Waals surface area contributed by atoms with Crippen molar-refractivity contribution in [3.8, 4) is 0 Å². The Labute approximate surface area is 94.2 Å². The van der Waals surface area contributed by atoms with Crippen LogP contribution < -0.4 is 0 Å². The van der Waals surface area contributed by atoms with Gasteiger partial charge in [0.25, 0.3) is 0 Å². The maximum absolute atomic E-state index is 8.11.